The summed E-state index contributed by atoms with van der Waals surface area (Å²) in [4.78, 5) is 24.2. The van der Waals surface area contributed by atoms with Gasteiger partial charge in [-0.15, -0.1) is 23.7 Å². The minimum Gasteiger partial charge on any atom is -0.370 e. The van der Waals surface area contributed by atoms with Crippen molar-refractivity contribution in [1.82, 2.24) is 9.97 Å². The van der Waals surface area contributed by atoms with Gasteiger partial charge < -0.3 is 11.5 Å². The van der Waals surface area contributed by atoms with E-state index in [-0.39, 0.29) is 35.0 Å². The number of benzene rings is 1. The number of rotatable bonds is 3. The highest BCUT2D eigenvalue weighted by Crippen LogP contribution is 2.29. The highest BCUT2D eigenvalue weighted by atomic mass is 35.5. The number of carbonyl (C=O) groups excluding carboxylic acids is 1. The van der Waals surface area contributed by atoms with Crippen LogP contribution in [0, 0.1) is 12.7 Å². The molecule has 0 aliphatic carbocycles. The van der Waals surface area contributed by atoms with E-state index in [0.29, 0.717) is 20.9 Å². The van der Waals surface area contributed by atoms with E-state index in [1.807, 2.05) is 0 Å². The summed E-state index contributed by atoms with van der Waals surface area (Å²) in [5.41, 5.74) is 12.1. The van der Waals surface area contributed by atoms with Crippen molar-refractivity contribution in [3.63, 3.8) is 0 Å². The normalized spacial score (nSPS) is 10.2. The van der Waals surface area contributed by atoms with Crippen LogP contribution in [0.1, 0.15) is 16.1 Å². The number of amides is 1. The Bertz CT molecular complexity index is 934. The van der Waals surface area contributed by atoms with E-state index in [1.165, 1.54) is 28.8 Å². The molecule has 1 amide bonds. The zero-order valence-electron chi connectivity index (χ0n) is 12.2. The minimum absolute atomic E-state index is 0. The lowest BCUT2D eigenvalue weighted by molar-refractivity contribution is 0.102. The fraction of sp³-hybridized carbons (Fsp3) is 0.0769. The molecular weight excluding hydrogens is 375 g/mol. The number of halogens is 2. The van der Waals surface area contributed by atoms with Gasteiger partial charge in [0, 0.05) is 5.38 Å². The average molecular weight is 387 g/mol. The molecule has 0 saturated heterocycles. The van der Waals surface area contributed by atoms with Gasteiger partial charge in [0.2, 0.25) is 5.13 Å². The summed E-state index contributed by atoms with van der Waals surface area (Å²) in [7, 11) is 0. The van der Waals surface area contributed by atoms with Gasteiger partial charge in [0.15, 0.2) is 11.1 Å². The summed E-state index contributed by atoms with van der Waals surface area (Å²) in [5.74, 6) is -0.900. The Hall–Kier alpha value is -2.30. The van der Waals surface area contributed by atoms with Crippen molar-refractivity contribution in [2.45, 2.75) is 6.92 Å². The lowest BCUT2D eigenvalue weighted by Crippen LogP contribution is -2.21. The zero-order valence-corrected chi connectivity index (χ0v) is 14.7. The number of aryl methyl sites for hydroxylation is 1. The monoisotopic (exact) mass is 386 g/mol. The van der Waals surface area contributed by atoms with Crippen LogP contribution in [0.25, 0.3) is 10.2 Å². The van der Waals surface area contributed by atoms with Crippen molar-refractivity contribution in [2.24, 2.45) is 16.5 Å². The van der Waals surface area contributed by atoms with E-state index in [2.05, 4.69) is 20.3 Å². The van der Waals surface area contributed by atoms with E-state index in [4.69, 9.17) is 11.5 Å². The molecule has 0 bridgehead atoms. The highest BCUT2D eigenvalue weighted by molar-refractivity contribution is 7.22. The van der Waals surface area contributed by atoms with Crippen LogP contribution in [0.3, 0.4) is 0 Å². The molecule has 0 unspecified atom stereocenters. The third-order valence-electron chi connectivity index (χ3n) is 2.82. The van der Waals surface area contributed by atoms with E-state index < -0.39 is 5.91 Å². The molecule has 2 heterocycles. The fourth-order valence-electron chi connectivity index (χ4n) is 1.90. The predicted molar refractivity (Wildman–Crippen MR) is 97.1 cm³/mol. The van der Waals surface area contributed by atoms with Crippen LogP contribution in [0.4, 0.5) is 14.7 Å². The van der Waals surface area contributed by atoms with E-state index >= 15 is 0 Å². The number of anilines is 1. The van der Waals surface area contributed by atoms with Gasteiger partial charge in [-0.05, 0) is 24.6 Å². The molecule has 126 valence electrons. The number of hydrogen-bond acceptors (Lipinski definition) is 6. The maximum atomic E-state index is 13.4. The summed E-state index contributed by atoms with van der Waals surface area (Å²) in [6.07, 6.45) is 0. The lowest BCUT2D eigenvalue weighted by Gasteiger charge is -1.96. The molecule has 1 aromatic carbocycles. The number of nitrogens with two attached hydrogens (primary N) is 2. The van der Waals surface area contributed by atoms with Gasteiger partial charge >= 0.3 is 0 Å². The molecule has 11 heteroatoms. The van der Waals surface area contributed by atoms with Crippen LogP contribution in [-0.4, -0.2) is 21.8 Å². The first-order chi connectivity index (χ1) is 10.9. The molecule has 5 N–H and O–H groups in total. The Morgan fingerprint density at radius 1 is 1.33 bits per heavy atom. The van der Waals surface area contributed by atoms with Crippen molar-refractivity contribution >= 4 is 67.4 Å². The van der Waals surface area contributed by atoms with Crippen molar-refractivity contribution < 1.29 is 9.18 Å². The number of aliphatic imine (C=N–C) groups is 1. The highest BCUT2D eigenvalue weighted by Gasteiger charge is 2.14. The maximum absolute atomic E-state index is 13.4. The zero-order chi connectivity index (χ0) is 16.6. The molecule has 2 aromatic heterocycles. The molecule has 0 aliphatic rings. The third kappa shape index (κ3) is 3.78. The van der Waals surface area contributed by atoms with Crippen molar-refractivity contribution in [2.75, 3.05) is 5.32 Å². The molecule has 3 rings (SSSR count). The van der Waals surface area contributed by atoms with Gasteiger partial charge in [0.05, 0.1) is 10.2 Å². The van der Waals surface area contributed by atoms with Crippen LogP contribution in [0.2, 0.25) is 0 Å². The number of nitrogens with zero attached hydrogens (tertiary/aromatic N) is 3. The Morgan fingerprint density at radius 2 is 2.08 bits per heavy atom. The molecule has 0 aliphatic heterocycles. The van der Waals surface area contributed by atoms with Crippen LogP contribution in [0.15, 0.2) is 22.5 Å². The quantitative estimate of drug-likeness (QED) is 0.472. The summed E-state index contributed by atoms with van der Waals surface area (Å²) in [5, 5.41) is 4.84. The number of fused-ring (bicyclic) bond motifs is 1. The number of guanidine groups is 1. The SMILES string of the molecule is Cc1cc(F)cc2sc(NC(=O)c3csc(N=C(N)N)n3)nc12.Cl. The molecule has 0 radical (unpaired) electrons. The standard InChI is InChI=1S/C13H11FN6OS2.ClH/c1-5-2-6(14)3-8-9(5)18-13(23-8)19-10(21)7-4-22-12(17-7)20-11(15)16;/h2-4H,1H3,(H,18,19,21)(H4,15,16,17,20);1H. The molecule has 24 heavy (non-hydrogen) atoms. The van der Waals surface area contributed by atoms with Gasteiger partial charge in [0.25, 0.3) is 5.91 Å². The molecule has 0 spiro atoms. The van der Waals surface area contributed by atoms with Crippen molar-refractivity contribution in [3.05, 3.63) is 34.6 Å². The molecule has 0 fully saturated rings. The van der Waals surface area contributed by atoms with E-state index in [1.54, 1.807) is 6.92 Å². The molecule has 3 aromatic rings. The van der Waals surface area contributed by atoms with Gasteiger partial charge in [-0.1, -0.05) is 11.3 Å². The first-order valence-electron chi connectivity index (χ1n) is 6.35. The van der Waals surface area contributed by atoms with Crippen LogP contribution in [-0.2, 0) is 0 Å². The number of thiazole rings is 2. The largest absolute Gasteiger partial charge is 0.370 e. The van der Waals surface area contributed by atoms with Gasteiger partial charge in [-0.3, -0.25) is 10.1 Å². The van der Waals surface area contributed by atoms with Gasteiger partial charge in [-0.2, -0.15) is 4.99 Å². The first kappa shape index (κ1) is 18.0. The number of aromatic nitrogens is 2. The second-order valence-electron chi connectivity index (χ2n) is 4.59. The van der Waals surface area contributed by atoms with Crippen LogP contribution < -0.4 is 16.8 Å². The van der Waals surface area contributed by atoms with E-state index in [0.717, 1.165) is 11.3 Å². The number of nitrogens with one attached hydrogen (secondary N) is 1. The number of carbonyl (C=O) groups is 1. The second kappa shape index (κ2) is 7.07. The summed E-state index contributed by atoms with van der Waals surface area (Å²) in [6, 6.07) is 2.78. The molecular formula is C13H12ClFN6OS2. The van der Waals surface area contributed by atoms with Crippen molar-refractivity contribution in [3.8, 4) is 0 Å². The molecule has 7 nitrogen and oxygen atoms in total. The average Bonchev–Trinajstić information content (AvgIpc) is 3.04. The maximum Gasteiger partial charge on any atom is 0.276 e. The van der Waals surface area contributed by atoms with Crippen molar-refractivity contribution in [1.29, 1.82) is 0 Å². The smallest absolute Gasteiger partial charge is 0.276 e. The Balaban J connectivity index is 0.00000208. The topological polar surface area (TPSA) is 119 Å². The fourth-order valence-corrected chi connectivity index (χ4v) is 3.55. The minimum atomic E-state index is -0.435. The first-order valence-corrected chi connectivity index (χ1v) is 8.05. The molecule has 0 atom stereocenters. The van der Waals surface area contributed by atoms with Gasteiger partial charge in [-0.25, -0.2) is 14.4 Å². The molecule has 0 saturated carbocycles. The second-order valence-corrected chi connectivity index (χ2v) is 6.46. The van der Waals surface area contributed by atoms with Crippen LogP contribution >= 0.6 is 35.1 Å². The summed E-state index contributed by atoms with van der Waals surface area (Å²) in [6.45, 7) is 1.76. The van der Waals surface area contributed by atoms with E-state index in [9.17, 15) is 9.18 Å². The predicted octanol–water partition coefficient (Wildman–Crippen LogP) is 2.78. The Kier molecular flexibility index (Phi) is 5.32. The summed E-state index contributed by atoms with van der Waals surface area (Å²) < 4.78 is 14.1. The summed E-state index contributed by atoms with van der Waals surface area (Å²) >= 11 is 2.33. The third-order valence-corrected chi connectivity index (χ3v) is 4.47. The van der Waals surface area contributed by atoms with Gasteiger partial charge in [0.1, 0.15) is 11.5 Å². The Morgan fingerprint density at radius 3 is 2.79 bits per heavy atom. The number of hydrogen-bond donors (Lipinski definition) is 3. The van der Waals surface area contributed by atoms with Crippen LogP contribution in [0.5, 0.6) is 0 Å². The lowest BCUT2D eigenvalue weighted by atomic mass is 10.2. The Labute approximate surface area is 150 Å².